The van der Waals surface area contributed by atoms with E-state index in [2.05, 4.69) is 10.4 Å². The van der Waals surface area contributed by atoms with Gasteiger partial charge < -0.3 is 5.32 Å². The second-order valence-corrected chi connectivity index (χ2v) is 6.32. The van der Waals surface area contributed by atoms with Crippen LogP contribution in [0, 0.1) is 11.7 Å². The van der Waals surface area contributed by atoms with E-state index in [1.165, 1.54) is 6.07 Å². The van der Waals surface area contributed by atoms with Gasteiger partial charge in [-0.2, -0.15) is 5.10 Å². The molecule has 1 aliphatic carbocycles. The van der Waals surface area contributed by atoms with Crippen LogP contribution in [0.5, 0.6) is 0 Å². The number of rotatable bonds is 5. The van der Waals surface area contributed by atoms with Gasteiger partial charge in [0.1, 0.15) is 5.82 Å². The van der Waals surface area contributed by atoms with E-state index >= 15 is 0 Å². The number of amides is 1. The summed E-state index contributed by atoms with van der Waals surface area (Å²) < 4.78 is 15.6. The Balaban J connectivity index is 1.34. The van der Waals surface area contributed by atoms with Gasteiger partial charge in [0.15, 0.2) is 0 Å². The van der Waals surface area contributed by atoms with E-state index in [0.29, 0.717) is 18.5 Å². The van der Waals surface area contributed by atoms with Crippen molar-refractivity contribution < 1.29 is 9.18 Å². The van der Waals surface area contributed by atoms with Gasteiger partial charge in [0.05, 0.1) is 11.9 Å². The van der Waals surface area contributed by atoms with E-state index in [4.69, 9.17) is 0 Å². The Kier molecular flexibility index (Phi) is 4.06. The third kappa shape index (κ3) is 3.31. The van der Waals surface area contributed by atoms with Gasteiger partial charge in [0.25, 0.3) is 0 Å². The highest BCUT2D eigenvalue weighted by Gasteiger charge is 2.44. The Labute approximate surface area is 145 Å². The third-order valence-corrected chi connectivity index (χ3v) is 4.56. The van der Waals surface area contributed by atoms with Gasteiger partial charge in [0.2, 0.25) is 5.91 Å². The molecule has 25 heavy (non-hydrogen) atoms. The molecule has 2 aromatic carbocycles. The number of nitrogens with zero attached hydrogens (tertiary/aromatic N) is 2. The maximum Gasteiger partial charge on any atom is 0.224 e. The first-order valence-electron chi connectivity index (χ1n) is 8.33. The first kappa shape index (κ1) is 15.6. The summed E-state index contributed by atoms with van der Waals surface area (Å²) in [5.74, 6) is -0.401. The van der Waals surface area contributed by atoms with Crippen LogP contribution in [0.3, 0.4) is 0 Å². The van der Waals surface area contributed by atoms with E-state index in [9.17, 15) is 9.18 Å². The molecule has 2 atom stereocenters. The molecule has 0 radical (unpaired) electrons. The highest BCUT2D eigenvalue weighted by atomic mass is 19.1. The number of carbonyl (C=O) groups is 1. The van der Waals surface area contributed by atoms with Crippen molar-refractivity contribution in [3.05, 3.63) is 83.9 Å². The fourth-order valence-corrected chi connectivity index (χ4v) is 3.10. The fourth-order valence-electron chi connectivity index (χ4n) is 3.10. The van der Waals surface area contributed by atoms with Crippen molar-refractivity contribution in [2.24, 2.45) is 5.92 Å². The molecule has 0 aliphatic heterocycles. The molecule has 5 heteroatoms. The van der Waals surface area contributed by atoms with Crippen LogP contribution in [0.15, 0.2) is 67.0 Å². The normalized spacial score (nSPS) is 18.8. The fraction of sp³-hybridized carbons (Fsp3) is 0.200. The standard InChI is InChI=1S/C20H18FN3O/c21-19-9-5-4-8-16(19)17-10-18(17)20(25)22-11-14-12-23-24(13-14)15-6-2-1-3-7-15/h1-9,12-13,17-18H,10-11H2,(H,22,25). The average Bonchev–Trinajstić information content (AvgIpc) is 3.30. The lowest BCUT2D eigenvalue weighted by molar-refractivity contribution is -0.122. The van der Waals surface area contributed by atoms with E-state index in [0.717, 1.165) is 11.3 Å². The minimum absolute atomic E-state index is 0.00626. The largest absolute Gasteiger partial charge is 0.352 e. The molecular weight excluding hydrogens is 317 g/mol. The number of aromatic nitrogens is 2. The second-order valence-electron chi connectivity index (χ2n) is 6.32. The van der Waals surface area contributed by atoms with E-state index in [1.54, 1.807) is 23.0 Å². The summed E-state index contributed by atoms with van der Waals surface area (Å²) in [6.45, 7) is 0.423. The molecular formula is C20H18FN3O. The zero-order chi connectivity index (χ0) is 17.2. The summed E-state index contributed by atoms with van der Waals surface area (Å²) >= 11 is 0. The van der Waals surface area contributed by atoms with Crippen molar-refractivity contribution >= 4 is 5.91 Å². The van der Waals surface area contributed by atoms with Crippen LogP contribution in [0.2, 0.25) is 0 Å². The van der Waals surface area contributed by atoms with Gasteiger partial charge in [-0.3, -0.25) is 4.79 Å². The van der Waals surface area contributed by atoms with Crippen LogP contribution in [-0.4, -0.2) is 15.7 Å². The maximum atomic E-state index is 13.8. The van der Waals surface area contributed by atoms with Crippen LogP contribution in [0.4, 0.5) is 4.39 Å². The molecule has 1 aliphatic rings. The molecule has 3 aromatic rings. The molecule has 1 aromatic heterocycles. The smallest absolute Gasteiger partial charge is 0.224 e. The number of halogens is 1. The minimum atomic E-state index is -0.230. The first-order valence-corrected chi connectivity index (χ1v) is 8.33. The SMILES string of the molecule is O=C(NCc1cnn(-c2ccccc2)c1)C1CC1c1ccccc1F. The molecule has 1 N–H and O–H groups in total. The Hall–Kier alpha value is -2.95. The van der Waals surface area contributed by atoms with Crippen LogP contribution in [0.25, 0.3) is 5.69 Å². The van der Waals surface area contributed by atoms with Gasteiger partial charge in [-0.25, -0.2) is 9.07 Å². The lowest BCUT2D eigenvalue weighted by Crippen LogP contribution is -2.24. The molecule has 2 unspecified atom stereocenters. The minimum Gasteiger partial charge on any atom is -0.352 e. The predicted molar refractivity (Wildman–Crippen MR) is 92.7 cm³/mol. The van der Waals surface area contributed by atoms with Crippen molar-refractivity contribution in [3.63, 3.8) is 0 Å². The molecule has 1 saturated carbocycles. The summed E-state index contributed by atoms with van der Waals surface area (Å²) in [6, 6.07) is 16.5. The van der Waals surface area contributed by atoms with Crippen molar-refractivity contribution in [1.29, 1.82) is 0 Å². The van der Waals surface area contributed by atoms with Gasteiger partial charge in [-0.15, -0.1) is 0 Å². The summed E-state index contributed by atoms with van der Waals surface area (Å²) in [5, 5.41) is 7.24. The van der Waals surface area contributed by atoms with Crippen LogP contribution in [0.1, 0.15) is 23.5 Å². The monoisotopic (exact) mass is 335 g/mol. The Bertz CT molecular complexity index is 891. The van der Waals surface area contributed by atoms with Gasteiger partial charge in [-0.1, -0.05) is 36.4 Å². The molecule has 0 bridgehead atoms. The van der Waals surface area contributed by atoms with Gasteiger partial charge >= 0.3 is 0 Å². The average molecular weight is 335 g/mol. The predicted octanol–water partition coefficient (Wildman–Crippen LogP) is 3.43. The molecule has 1 amide bonds. The van der Waals surface area contributed by atoms with Crippen molar-refractivity contribution in [3.8, 4) is 5.69 Å². The van der Waals surface area contributed by atoms with Gasteiger partial charge in [0, 0.05) is 24.2 Å². The van der Waals surface area contributed by atoms with Crippen molar-refractivity contribution in [1.82, 2.24) is 15.1 Å². The lowest BCUT2D eigenvalue weighted by atomic mass is 10.1. The molecule has 1 heterocycles. The number of para-hydroxylation sites is 1. The lowest BCUT2D eigenvalue weighted by Gasteiger charge is -2.04. The summed E-state index contributed by atoms with van der Waals surface area (Å²) in [7, 11) is 0. The Morgan fingerprint density at radius 3 is 2.72 bits per heavy atom. The zero-order valence-electron chi connectivity index (χ0n) is 13.6. The Morgan fingerprint density at radius 1 is 1.16 bits per heavy atom. The quantitative estimate of drug-likeness (QED) is 0.776. The first-order chi connectivity index (χ1) is 12.2. The Morgan fingerprint density at radius 2 is 1.92 bits per heavy atom. The molecule has 0 saturated heterocycles. The summed E-state index contributed by atoms with van der Waals surface area (Å²) in [4.78, 5) is 12.3. The third-order valence-electron chi connectivity index (χ3n) is 4.56. The summed E-state index contributed by atoms with van der Waals surface area (Å²) in [6.07, 6.45) is 4.35. The van der Waals surface area contributed by atoms with Crippen LogP contribution >= 0.6 is 0 Å². The van der Waals surface area contributed by atoms with E-state index in [1.807, 2.05) is 42.6 Å². The molecule has 4 nitrogen and oxygen atoms in total. The van der Waals surface area contributed by atoms with E-state index in [-0.39, 0.29) is 23.6 Å². The van der Waals surface area contributed by atoms with Crippen molar-refractivity contribution in [2.75, 3.05) is 0 Å². The number of hydrogen-bond donors (Lipinski definition) is 1. The van der Waals surface area contributed by atoms with Crippen LogP contribution < -0.4 is 5.32 Å². The molecule has 0 spiro atoms. The maximum absolute atomic E-state index is 13.8. The van der Waals surface area contributed by atoms with E-state index < -0.39 is 0 Å². The number of hydrogen-bond acceptors (Lipinski definition) is 2. The summed E-state index contributed by atoms with van der Waals surface area (Å²) in [5.41, 5.74) is 2.54. The van der Waals surface area contributed by atoms with Crippen LogP contribution in [-0.2, 0) is 11.3 Å². The number of carbonyl (C=O) groups excluding carboxylic acids is 1. The molecule has 4 rings (SSSR count). The zero-order valence-corrected chi connectivity index (χ0v) is 13.6. The number of benzene rings is 2. The topological polar surface area (TPSA) is 46.9 Å². The van der Waals surface area contributed by atoms with Gasteiger partial charge in [-0.05, 0) is 36.1 Å². The number of nitrogens with one attached hydrogen (secondary N) is 1. The second kappa shape index (κ2) is 6.51. The highest BCUT2D eigenvalue weighted by molar-refractivity contribution is 5.82. The molecule has 1 fully saturated rings. The highest BCUT2D eigenvalue weighted by Crippen LogP contribution is 2.48. The molecule has 126 valence electrons. The van der Waals surface area contributed by atoms with Crippen molar-refractivity contribution in [2.45, 2.75) is 18.9 Å².